The van der Waals surface area contributed by atoms with Crippen LogP contribution in [0.1, 0.15) is 65.0 Å². The molecule has 0 aliphatic rings. The van der Waals surface area contributed by atoms with E-state index < -0.39 is 24.0 Å². The largest absolute Gasteiger partial charge is 0.453 e. The van der Waals surface area contributed by atoms with Gasteiger partial charge in [-0.25, -0.2) is 14.4 Å². The zero-order valence-corrected chi connectivity index (χ0v) is 26.0. The number of carbonyl (C=O) groups is 3. The first-order chi connectivity index (χ1) is 21.6. The molecule has 7 nitrogen and oxygen atoms in total. The summed E-state index contributed by atoms with van der Waals surface area (Å²) in [5, 5.41) is 5.00. The lowest BCUT2D eigenvalue weighted by molar-refractivity contribution is 0.0300. The fourth-order valence-corrected chi connectivity index (χ4v) is 5.21. The van der Waals surface area contributed by atoms with Gasteiger partial charge in [0, 0.05) is 6.54 Å². The number of hydrogen-bond donors (Lipinski definition) is 1. The summed E-state index contributed by atoms with van der Waals surface area (Å²) in [6.45, 7) is 7.83. The van der Waals surface area contributed by atoms with E-state index >= 15 is 0 Å². The molecule has 0 aromatic heterocycles. The standard InChI is InChI=1S/C38H35NO6/c1-23-10-15-31(25(3)18-23)37(41)43-33-17-14-29(21-34(33)44-38(42)32-16-11-24(2)19-26(32)4)35(22-39-5)45-36(40)30-13-12-27-8-6-7-9-28(27)20-30/h6-21,35,39H,22H2,1-5H3. The first-order valence-corrected chi connectivity index (χ1v) is 14.7. The highest BCUT2D eigenvalue weighted by molar-refractivity contribution is 5.96. The van der Waals surface area contributed by atoms with E-state index in [1.54, 1.807) is 49.5 Å². The third-order valence-electron chi connectivity index (χ3n) is 7.57. The lowest BCUT2D eigenvalue weighted by Crippen LogP contribution is -2.23. The Labute approximate surface area is 262 Å². The molecule has 0 aliphatic heterocycles. The van der Waals surface area contributed by atoms with E-state index in [-0.39, 0.29) is 18.0 Å². The predicted molar refractivity (Wildman–Crippen MR) is 174 cm³/mol. The normalized spacial score (nSPS) is 11.6. The summed E-state index contributed by atoms with van der Waals surface area (Å²) in [7, 11) is 1.75. The fraction of sp³-hybridized carbons (Fsp3) is 0.184. The van der Waals surface area contributed by atoms with Crippen molar-refractivity contribution in [3.05, 3.63) is 142 Å². The smallest absolute Gasteiger partial charge is 0.343 e. The van der Waals surface area contributed by atoms with Crippen molar-refractivity contribution < 1.29 is 28.6 Å². The molecule has 1 N–H and O–H groups in total. The zero-order valence-electron chi connectivity index (χ0n) is 26.0. The van der Waals surface area contributed by atoms with Crippen LogP contribution in [0.25, 0.3) is 10.8 Å². The number of fused-ring (bicyclic) bond motifs is 1. The first-order valence-electron chi connectivity index (χ1n) is 14.7. The molecule has 45 heavy (non-hydrogen) atoms. The number of esters is 3. The van der Waals surface area contributed by atoms with Crippen LogP contribution in [0.4, 0.5) is 0 Å². The van der Waals surface area contributed by atoms with Crippen LogP contribution in [0.15, 0.2) is 97.1 Å². The first kappa shape index (κ1) is 31.2. The molecule has 228 valence electrons. The van der Waals surface area contributed by atoms with Crippen LogP contribution >= 0.6 is 0 Å². The summed E-state index contributed by atoms with van der Waals surface area (Å²) in [4.78, 5) is 39.9. The van der Waals surface area contributed by atoms with Crippen molar-refractivity contribution in [2.75, 3.05) is 13.6 Å². The lowest BCUT2D eigenvalue weighted by atomic mass is 10.1. The van der Waals surface area contributed by atoms with Gasteiger partial charge in [-0.3, -0.25) is 0 Å². The van der Waals surface area contributed by atoms with Gasteiger partial charge in [0.15, 0.2) is 11.5 Å². The van der Waals surface area contributed by atoms with Crippen LogP contribution in [0.2, 0.25) is 0 Å². The van der Waals surface area contributed by atoms with Crippen LogP contribution in [0, 0.1) is 27.7 Å². The average molecular weight is 602 g/mol. The van der Waals surface area contributed by atoms with Gasteiger partial charge in [0.2, 0.25) is 0 Å². The van der Waals surface area contributed by atoms with Gasteiger partial charge < -0.3 is 19.5 Å². The van der Waals surface area contributed by atoms with Crippen LogP contribution < -0.4 is 14.8 Å². The highest BCUT2D eigenvalue weighted by Gasteiger charge is 2.23. The highest BCUT2D eigenvalue weighted by Crippen LogP contribution is 2.34. The van der Waals surface area contributed by atoms with Crippen molar-refractivity contribution >= 4 is 28.7 Å². The monoisotopic (exact) mass is 601 g/mol. The van der Waals surface area contributed by atoms with Gasteiger partial charge in [0.25, 0.3) is 0 Å². The maximum Gasteiger partial charge on any atom is 0.343 e. The Bertz CT molecular complexity index is 1910. The van der Waals surface area contributed by atoms with Crippen LogP contribution in [-0.4, -0.2) is 31.5 Å². The second kappa shape index (κ2) is 13.6. The topological polar surface area (TPSA) is 90.9 Å². The molecule has 0 radical (unpaired) electrons. The van der Waals surface area contributed by atoms with Crippen LogP contribution in [0.5, 0.6) is 11.5 Å². The molecule has 0 amide bonds. The molecular formula is C38H35NO6. The van der Waals surface area contributed by atoms with Gasteiger partial charge in [-0.2, -0.15) is 0 Å². The Morgan fingerprint density at radius 1 is 0.622 bits per heavy atom. The number of aryl methyl sites for hydroxylation is 4. The van der Waals surface area contributed by atoms with Crippen LogP contribution in [0.3, 0.4) is 0 Å². The molecule has 5 aromatic rings. The van der Waals surface area contributed by atoms with Gasteiger partial charge in [0.1, 0.15) is 6.10 Å². The molecule has 0 bridgehead atoms. The van der Waals surface area contributed by atoms with E-state index in [1.165, 1.54) is 0 Å². The van der Waals surface area contributed by atoms with Crippen molar-refractivity contribution in [1.29, 1.82) is 0 Å². The van der Waals surface area contributed by atoms with Crippen molar-refractivity contribution in [2.24, 2.45) is 0 Å². The van der Waals surface area contributed by atoms with Crippen molar-refractivity contribution in [3.8, 4) is 11.5 Å². The molecule has 0 spiro atoms. The lowest BCUT2D eigenvalue weighted by Gasteiger charge is -2.20. The summed E-state index contributed by atoms with van der Waals surface area (Å²) in [5.41, 5.74) is 5.29. The number of rotatable bonds is 9. The third-order valence-corrected chi connectivity index (χ3v) is 7.57. The summed E-state index contributed by atoms with van der Waals surface area (Å²) < 4.78 is 17.6. The van der Waals surface area contributed by atoms with E-state index in [0.717, 1.165) is 33.0 Å². The van der Waals surface area contributed by atoms with Crippen molar-refractivity contribution in [3.63, 3.8) is 0 Å². The highest BCUT2D eigenvalue weighted by atomic mass is 16.6. The van der Waals surface area contributed by atoms with Crippen LogP contribution in [-0.2, 0) is 4.74 Å². The Kier molecular flexibility index (Phi) is 9.40. The molecule has 7 heteroatoms. The number of ether oxygens (including phenoxy) is 3. The van der Waals surface area contributed by atoms with Crippen molar-refractivity contribution in [2.45, 2.75) is 33.8 Å². The maximum atomic E-state index is 13.4. The number of hydrogen-bond acceptors (Lipinski definition) is 7. The summed E-state index contributed by atoms with van der Waals surface area (Å²) in [5.74, 6) is -1.60. The van der Waals surface area contributed by atoms with Gasteiger partial charge in [0.05, 0.1) is 16.7 Å². The molecule has 0 fully saturated rings. The Morgan fingerprint density at radius 3 is 1.82 bits per heavy atom. The van der Waals surface area contributed by atoms with Gasteiger partial charge >= 0.3 is 17.9 Å². The van der Waals surface area contributed by atoms with E-state index in [9.17, 15) is 14.4 Å². The average Bonchev–Trinajstić information content (AvgIpc) is 3.01. The Hall–Kier alpha value is -5.27. The van der Waals surface area contributed by atoms with Gasteiger partial charge in [-0.15, -0.1) is 0 Å². The SMILES string of the molecule is CNCC(OC(=O)c1ccc2ccccc2c1)c1ccc(OC(=O)c2ccc(C)cc2C)c(OC(=O)c2ccc(C)cc2C)c1. The van der Waals surface area contributed by atoms with E-state index in [4.69, 9.17) is 14.2 Å². The molecule has 5 aromatic carbocycles. The number of nitrogens with one attached hydrogen (secondary N) is 1. The molecule has 0 saturated carbocycles. The second-order valence-corrected chi connectivity index (χ2v) is 11.1. The molecule has 0 aliphatic carbocycles. The predicted octanol–water partition coefficient (Wildman–Crippen LogP) is 7.63. The van der Waals surface area contributed by atoms with Gasteiger partial charge in [-0.05, 0) is 98.6 Å². The number of likely N-dealkylation sites (N-methyl/N-ethyl adjacent to an activating group) is 1. The third kappa shape index (κ3) is 7.28. The molecule has 5 rings (SSSR count). The quantitative estimate of drug-likeness (QED) is 0.137. The van der Waals surface area contributed by atoms with Crippen molar-refractivity contribution in [1.82, 2.24) is 5.32 Å². The molecule has 1 atom stereocenters. The fourth-order valence-electron chi connectivity index (χ4n) is 5.21. The zero-order chi connectivity index (χ0) is 32.1. The number of benzene rings is 5. The molecule has 0 heterocycles. The Morgan fingerprint density at radius 2 is 1.22 bits per heavy atom. The minimum absolute atomic E-state index is 0.0263. The van der Waals surface area contributed by atoms with Gasteiger partial charge in [-0.1, -0.05) is 71.8 Å². The minimum Gasteiger partial charge on any atom is -0.453 e. The summed E-state index contributed by atoms with van der Waals surface area (Å²) in [6.07, 6.45) is -0.739. The molecule has 1 unspecified atom stereocenters. The second-order valence-electron chi connectivity index (χ2n) is 11.1. The molecule has 0 saturated heterocycles. The summed E-state index contributed by atoms with van der Waals surface area (Å²) in [6, 6.07) is 28.8. The van der Waals surface area contributed by atoms with E-state index in [0.29, 0.717) is 22.3 Å². The Balaban J connectivity index is 1.48. The number of carbonyl (C=O) groups excluding carboxylic acids is 3. The van der Waals surface area contributed by atoms with E-state index in [1.807, 2.05) is 82.3 Å². The maximum absolute atomic E-state index is 13.4. The van der Waals surface area contributed by atoms with E-state index in [2.05, 4.69) is 5.32 Å². The molecular weight excluding hydrogens is 566 g/mol. The summed E-state index contributed by atoms with van der Waals surface area (Å²) >= 11 is 0. The minimum atomic E-state index is -0.739.